The highest BCUT2D eigenvalue weighted by Gasteiger charge is 2.42. The van der Waals surface area contributed by atoms with Gasteiger partial charge in [-0.25, -0.2) is 0 Å². The number of nitrogens with two attached hydrogens (primary N) is 1. The van der Waals surface area contributed by atoms with Gasteiger partial charge in [0.05, 0.1) is 0 Å². The Labute approximate surface area is 117 Å². The lowest BCUT2D eigenvalue weighted by Crippen LogP contribution is -2.46. The van der Waals surface area contributed by atoms with Crippen molar-refractivity contribution in [1.29, 1.82) is 0 Å². The Morgan fingerprint density at radius 1 is 1.21 bits per heavy atom. The van der Waals surface area contributed by atoms with Crippen LogP contribution in [-0.4, -0.2) is 13.6 Å². The summed E-state index contributed by atoms with van der Waals surface area (Å²) >= 11 is 0. The molecule has 0 heterocycles. The second-order valence-corrected chi connectivity index (χ2v) is 7.10. The summed E-state index contributed by atoms with van der Waals surface area (Å²) in [4.78, 5) is 0. The third kappa shape index (κ3) is 2.85. The maximum Gasteiger partial charge on any atom is 0.0364 e. The smallest absolute Gasteiger partial charge is 0.0364 e. The van der Waals surface area contributed by atoms with Crippen molar-refractivity contribution in [2.24, 2.45) is 11.1 Å². The Kier molecular flexibility index (Phi) is 4.03. The molecule has 0 radical (unpaired) electrons. The average Bonchev–Trinajstić information content (AvgIpc) is 2.32. The number of benzene rings is 1. The first-order valence-electron chi connectivity index (χ1n) is 7.40. The van der Waals surface area contributed by atoms with Gasteiger partial charge in [0, 0.05) is 18.0 Å². The topological polar surface area (TPSA) is 38.0 Å². The molecule has 0 aliphatic heterocycles. The fourth-order valence-corrected chi connectivity index (χ4v) is 3.12. The molecule has 2 nitrogen and oxygen atoms in total. The van der Waals surface area contributed by atoms with Gasteiger partial charge in [-0.05, 0) is 36.4 Å². The van der Waals surface area contributed by atoms with Crippen molar-refractivity contribution in [2.45, 2.75) is 51.5 Å². The van der Waals surface area contributed by atoms with Gasteiger partial charge >= 0.3 is 0 Å². The zero-order valence-corrected chi connectivity index (χ0v) is 12.8. The third-order valence-electron chi connectivity index (χ3n) is 4.67. The lowest BCUT2D eigenvalue weighted by atomic mass is 9.62. The summed E-state index contributed by atoms with van der Waals surface area (Å²) in [6, 6.07) is 9.08. The molecular formula is C17H28N2. The van der Waals surface area contributed by atoms with Crippen LogP contribution in [0.15, 0.2) is 24.3 Å². The first kappa shape index (κ1) is 14.5. The van der Waals surface area contributed by atoms with Crippen molar-refractivity contribution in [3.8, 4) is 0 Å². The molecule has 0 saturated heterocycles. The fraction of sp³-hybridized carbons (Fsp3) is 0.647. The maximum absolute atomic E-state index is 6.54. The van der Waals surface area contributed by atoms with Gasteiger partial charge in [0.15, 0.2) is 0 Å². The Bertz CT molecular complexity index is 410. The summed E-state index contributed by atoms with van der Waals surface area (Å²) in [5.74, 6) is 0. The van der Waals surface area contributed by atoms with E-state index in [1.54, 1.807) is 0 Å². The van der Waals surface area contributed by atoms with Gasteiger partial charge in [-0.3, -0.25) is 0 Å². The molecule has 1 aliphatic carbocycles. The monoisotopic (exact) mass is 260 g/mol. The third-order valence-corrected chi connectivity index (χ3v) is 4.67. The molecule has 1 fully saturated rings. The number of rotatable bonds is 4. The Morgan fingerprint density at radius 2 is 1.79 bits per heavy atom. The largest absolute Gasteiger partial charge is 0.323 e. The molecule has 1 saturated carbocycles. The van der Waals surface area contributed by atoms with Crippen molar-refractivity contribution < 1.29 is 0 Å². The van der Waals surface area contributed by atoms with Crippen LogP contribution >= 0.6 is 0 Å². The van der Waals surface area contributed by atoms with E-state index in [1.165, 1.54) is 30.4 Å². The molecule has 1 aliphatic rings. The molecule has 1 aromatic carbocycles. The van der Waals surface area contributed by atoms with Crippen LogP contribution in [-0.2, 0) is 5.41 Å². The van der Waals surface area contributed by atoms with Crippen molar-refractivity contribution >= 4 is 0 Å². The zero-order valence-electron chi connectivity index (χ0n) is 12.8. The second-order valence-electron chi connectivity index (χ2n) is 7.10. The van der Waals surface area contributed by atoms with Gasteiger partial charge < -0.3 is 11.1 Å². The summed E-state index contributed by atoms with van der Waals surface area (Å²) in [7, 11) is 2.02. The summed E-state index contributed by atoms with van der Waals surface area (Å²) < 4.78 is 0. The van der Waals surface area contributed by atoms with Crippen molar-refractivity contribution in [1.82, 2.24) is 5.32 Å². The molecule has 2 rings (SSSR count). The highest BCUT2D eigenvalue weighted by atomic mass is 14.9. The molecule has 1 atom stereocenters. The average molecular weight is 260 g/mol. The number of hydrogen-bond donors (Lipinski definition) is 2. The number of hydrogen-bond acceptors (Lipinski definition) is 2. The summed E-state index contributed by atoms with van der Waals surface area (Å²) in [5, 5.41) is 3.32. The van der Waals surface area contributed by atoms with Gasteiger partial charge in [-0.15, -0.1) is 0 Å². The van der Waals surface area contributed by atoms with Crippen molar-refractivity contribution in [2.75, 3.05) is 13.6 Å². The highest BCUT2D eigenvalue weighted by molar-refractivity contribution is 5.30. The lowest BCUT2D eigenvalue weighted by molar-refractivity contribution is 0.0947. The molecule has 1 aromatic rings. The molecule has 106 valence electrons. The van der Waals surface area contributed by atoms with E-state index in [9.17, 15) is 0 Å². The normalized spacial score (nSPS) is 19.8. The van der Waals surface area contributed by atoms with Crippen molar-refractivity contribution in [3.63, 3.8) is 0 Å². The van der Waals surface area contributed by atoms with E-state index in [0.717, 1.165) is 6.54 Å². The van der Waals surface area contributed by atoms with E-state index in [1.807, 2.05) is 7.05 Å². The van der Waals surface area contributed by atoms with E-state index in [-0.39, 0.29) is 16.9 Å². The van der Waals surface area contributed by atoms with Gasteiger partial charge in [0.1, 0.15) is 0 Å². The van der Waals surface area contributed by atoms with Gasteiger partial charge in [0.25, 0.3) is 0 Å². The quantitative estimate of drug-likeness (QED) is 0.871. The van der Waals surface area contributed by atoms with Crippen LogP contribution in [0.1, 0.15) is 57.2 Å². The van der Waals surface area contributed by atoms with Crippen LogP contribution in [0.5, 0.6) is 0 Å². The van der Waals surface area contributed by atoms with E-state index in [2.05, 4.69) is 50.4 Å². The summed E-state index contributed by atoms with van der Waals surface area (Å²) in [6.07, 6.45) is 3.81. The van der Waals surface area contributed by atoms with E-state index >= 15 is 0 Å². The van der Waals surface area contributed by atoms with Crippen LogP contribution in [0, 0.1) is 5.41 Å². The predicted octanol–water partition coefficient (Wildman–Crippen LogP) is 3.37. The molecule has 0 bridgehead atoms. The molecular weight excluding hydrogens is 232 g/mol. The Morgan fingerprint density at radius 3 is 2.16 bits per heavy atom. The molecule has 0 aromatic heterocycles. The van der Waals surface area contributed by atoms with E-state index in [4.69, 9.17) is 5.73 Å². The predicted molar refractivity (Wildman–Crippen MR) is 82.3 cm³/mol. The van der Waals surface area contributed by atoms with Gasteiger partial charge in [0.2, 0.25) is 0 Å². The minimum atomic E-state index is 0.155. The lowest BCUT2D eigenvalue weighted by Gasteiger charge is -2.46. The summed E-state index contributed by atoms with van der Waals surface area (Å²) in [6.45, 7) is 7.76. The fourth-order valence-electron chi connectivity index (χ4n) is 3.12. The molecule has 19 heavy (non-hydrogen) atoms. The standard InChI is InChI=1S/C17H28N2/c1-16(2,3)14-8-6-13(7-9-14)15(18)17(12-19-4)10-5-11-17/h6-9,15,19H,5,10-12,18H2,1-4H3. The van der Waals surface area contributed by atoms with Crippen LogP contribution < -0.4 is 11.1 Å². The molecule has 0 spiro atoms. The second kappa shape index (κ2) is 5.26. The van der Waals surface area contributed by atoms with Crippen LogP contribution in [0.25, 0.3) is 0 Å². The molecule has 0 amide bonds. The van der Waals surface area contributed by atoms with Crippen LogP contribution in [0.2, 0.25) is 0 Å². The van der Waals surface area contributed by atoms with Crippen LogP contribution in [0.4, 0.5) is 0 Å². The van der Waals surface area contributed by atoms with Crippen molar-refractivity contribution in [3.05, 3.63) is 35.4 Å². The Hall–Kier alpha value is -0.860. The first-order chi connectivity index (χ1) is 8.89. The van der Waals surface area contributed by atoms with E-state index < -0.39 is 0 Å². The molecule has 2 heteroatoms. The van der Waals surface area contributed by atoms with Gasteiger partial charge in [-0.2, -0.15) is 0 Å². The van der Waals surface area contributed by atoms with Crippen LogP contribution in [0.3, 0.4) is 0 Å². The highest BCUT2D eigenvalue weighted by Crippen LogP contribution is 2.48. The molecule has 3 N–H and O–H groups in total. The SMILES string of the molecule is CNCC1(C(N)c2ccc(C(C)(C)C)cc2)CCC1. The minimum Gasteiger partial charge on any atom is -0.323 e. The van der Waals surface area contributed by atoms with E-state index in [0.29, 0.717) is 0 Å². The van der Waals surface area contributed by atoms with Gasteiger partial charge in [-0.1, -0.05) is 51.5 Å². The Balaban J connectivity index is 2.17. The zero-order chi connectivity index (χ0) is 14.1. The molecule has 1 unspecified atom stereocenters. The minimum absolute atomic E-state index is 0.155. The summed E-state index contributed by atoms with van der Waals surface area (Å²) in [5.41, 5.74) is 9.68. The maximum atomic E-state index is 6.54. The number of nitrogens with one attached hydrogen (secondary N) is 1. The first-order valence-corrected chi connectivity index (χ1v) is 7.40.